The standard InChI is InChI=1S/C15H25N3O2/c1-3-8-18(12-15(19)17-2)9-10-20-14-7-5-4-6-13(14)11-16/h4-7H,3,8-12,16H2,1-2H3,(H,17,19). The van der Waals surface area contributed by atoms with Crippen LogP contribution in [0.4, 0.5) is 0 Å². The van der Waals surface area contributed by atoms with Crippen molar-refractivity contribution >= 4 is 5.91 Å². The molecule has 20 heavy (non-hydrogen) atoms. The average molecular weight is 279 g/mol. The van der Waals surface area contributed by atoms with Crippen molar-refractivity contribution in [2.45, 2.75) is 19.9 Å². The minimum atomic E-state index is 0.0285. The molecular formula is C15H25N3O2. The molecule has 1 amide bonds. The van der Waals surface area contributed by atoms with Crippen LogP contribution < -0.4 is 15.8 Å². The number of para-hydroxylation sites is 1. The van der Waals surface area contributed by atoms with E-state index in [1.54, 1.807) is 7.05 Å². The van der Waals surface area contributed by atoms with E-state index in [0.717, 1.165) is 30.8 Å². The van der Waals surface area contributed by atoms with Gasteiger partial charge in [0.2, 0.25) is 5.91 Å². The zero-order valence-corrected chi connectivity index (χ0v) is 12.4. The van der Waals surface area contributed by atoms with Crippen LogP contribution >= 0.6 is 0 Å². The summed E-state index contributed by atoms with van der Waals surface area (Å²) in [5.41, 5.74) is 6.67. The van der Waals surface area contributed by atoms with Crippen LogP contribution in [0.1, 0.15) is 18.9 Å². The van der Waals surface area contributed by atoms with E-state index in [9.17, 15) is 4.79 Å². The monoisotopic (exact) mass is 279 g/mol. The highest BCUT2D eigenvalue weighted by atomic mass is 16.5. The van der Waals surface area contributed by atoms with Crippen LogP contribution in [0.2, 0.25) is 0 Å². The predicted molar refractivity (Wildman–Crippen MR) is 80.6 cm³/mol. The van der Waals surface area contributed by atoms with E-state index in [2.05, 4.69) is 17.1 Å². The SMILES string of the molecule is CCCN(CCOc1ccccc1CN)CC(=O)NC. The van der Waals surface area contributed by atoms with Crippen LogP contribution in [0, 0.1) is 0 Å². The second-order valence-corrected chi connectivity index (χ2v) is 4.61. The fourth-order valence-electron chi connectivity index (χ4n) is 1.97. The van der Waals surface area contributed by atoms with Crippen molar-refractivity contribution in [2.75, 3.05) is 33.3 Å². The van der Waals surface area contributed by atoms with Crippen LogP contribution in [-0.2, 0) is 11.3 Å². The second kappa shape index (κ2) is 9.34. The molecule has 5 nitrogen and oxygen atoms in total. The molecule has 0 aromatic heterocycles. The number of amides is 1. The van der Waals surface area contributed by atoms with Gasteiger partial charge in [-0.15, -0.1) is 0 Å². The lowest BCUT2D eigenvalue weighted by Crippen LogP contribution is -2.38. The maximum absolute atomic E-state index is 11.4. The summed E-state index contributed by atoms with van der Waals surface area (Å²) in [4.78, 5) is 13.5. The van der Waals surface area contributed by atoms with Crippen LogP contribution in [0.5, 0.6) is 5.75 Å². The van der Waals surface area contributed by atoms with E-state index in [1.165, 1.54) is 0 Å². The quantitative estimate of drug-likeness (QED) is 0.707. The Labute approximate surface area is 121 Å². The van der Waals surface area contributed by atoms with Gasteiger partial charge in [-0.3, -0.25) is 9.69 Å². The predicted octanol–water partition coefficient (Wildman–Crippen LogP) is 0.982. The third-order valence-corrected chi connectivity index (χ3v) is 3.04. The molecule has 0 atom stereocenters. The maximum Gasteiger partial charge on any atom is 0.233 e. The average Bonchev–Trinajstić information content (AvgIpc) is 2.47. The lowest BCUT2D eigenvalue weighted by Gasteiger charge is -2.21. The topological polar surface area (TPSA) is 67.6 Å². The van der Waals surface area contributed by atoms with Crippen LogP contribution in [0.25, 0.3) is 0 Å². The van der Waals surface area contributed by atoms with Crippen molar-refractivity contribution in [3.63, 3.8) is 0 Å². The summed E-state index contributed by atoms with van der Waals surface area (Å²) in [6.07, 6.45) is 1.01. The van der Waals surface area contributed by atoms with Crippen LogP contribution in [0.3, 0.4) is 0 Å². The fraction of sp³-hybridized carbons (Fsp3) is 0.533. The highest BCUT2D eigenvalue weighted by molar-refractivity contribution is 5.77. The second-order valence-electron chi connectivity index (χ2n) is 4.61. The number of likely N-dealkylation sites (N-methyl/N-ethyl adjacent to an activating group) is 1. The molecule has 0 radical (unpaired) electrons. The first-order valence-corrected chi connectivity index (χ1v) is 7.05. The van der Waals surface area contributed by atoms with Crippen molar-refractivity contribution in [3.8, 4) is 5.75 Å². The third-order valence-electron chi connectivity index (χ3n) is 3.04. The first-order chi connectivity index (χ1) is 9.71. The molecule has 112 valence electrons. The Balaban J connectivity index is 2.45. The molecule has 0 fully saturated rings. The summed E-state index contributed by atoms with van der Waals surface area (Å²) in [7, 11) is 1.65. The van der Waals surface area contributed by atoms with Gasteiger partial charge in [0.15, 0.2) is 0 Å². The number of nitrogens with two attached hydrogens (primary N) is 1. The molecule has 0 saturated heterocycles. The number of nitrogens with one attached hydrogen (secondary N) is 1. The summed E-state index contributed by atoms with van der Waals surface area (Å²) in [5.74, 6) is 0.854. The Morgan fingerprint density at radius 3 is 2.75 bits per heavy atom. The van der Waals surface area contributed by atoms with Gasteiger partial charge in [0.05, 0.1) is 6.54 Å². The van der Waals surface area contributed by atoms with E-state index in [-0.39, 0.29) is 5.91 Å². The first kappa shape index (κ1) is 16.5. The molecule has 0 aliphatic carbocycles. The first-order valence-electron chi connectivity index (χ1n) is 7.05. The number of hydrogen-bond donors (Lipinski definition) is 2. The van der Waals surface area contributed by atoms with E-state index in [1.807, 2.05) is 24.3 Å². The van der Waals surface area contributed by atoms with Crippen molar-refractivity contribution in [2.24, 2.45) is 5.73 Å². The highest BCUT2D eigenvalue weighted by Crippen LogP contribution is 2.16. The Kier molecular flexibility index (Phi) is 7.69. The number of hydrogen-bond acceptors (Lipinski definition) is 4. The van der Waals surface area contributed by atoms with Gasteiger partial charge in [0, 0.05) is 25.7 Å². The summed E-state index contributed by atoms with van der Waals surface area (Å²) in [6, 6.07) is 7.77. The van der Waals surface area contributed by atoms with Crippen molar-refractivity contribution in [1.82, 2.24) is 10.2 Å². The lowest BCUT2D eigenvalue weighted by molar-refractivity contribution is -0.121. The normalized spacial score (nSPS) is 10.6. The molecule has 3 N–H and O–H groups in total. The van der Waals surface area contributed by atoms with Gasteiger partial charge >= 0.3 is 0 Å². The van der Waals surface area contributed by atoms with Gasteiger partial charge in [0.25, 0.3) is 0 Å². The molecule has 1 rings (SSSR count). The van der Waals surface area contributed by atoms with Crippen LogP contribution in [0.15, 0.2) is 24.3 Å². The Hall–Kier alpha value is -1.59. The smallest absolute Gasteiger partial charge is 0.233 e. The highest BCUT2D eigenvalue weighted by Gasteiger charge is 2.09. The van der Waals surface area contributed by atoms with Gasteiger partial charge in [-0.25, -0.2) is 0 Å². The third kappa shape index (κ3) is 5.59. The molecule has 0 aliphatic heterocycles. The minimum Gasteiger partial charge on any atom is -0.492 e. The maximum atomic E-state index is 11.4. The minimum absolute atomic E-state index is 0.0285. The molecule has 0 spiro atoms. The van der Waals surface area contributed by atoms with Crippen molar-refractivity contribution < 1.29 is 9.53 Å². The van der Waals surface area contributed by atoms with Crippen molar-refractivity contribution in [1.29, 1.82) is 0 Å². The molecule has 1 aromatic carbocycles. The fourth-order valence-corrected chi connectivity index (χ4v) is 1.97. The Bertz CT molecular complexity index is 410. The molecular weight excluding hydrogens is 254 g/mol. The van der Waals surface area contributed by atoms with Gasteiger partial charge in [-0.2, -0.15) is 0 Å². The van der Waals surface area contributed by atoms with E-state index in [0.29, 0.717) is 19.7 Å². The molecule has 0 bridgehead atoms. The molecule has 0 heterocycles. The van der Waals surface area contributed by atoms with Crippen LogP contribution in [-0.4, -0.2) is 44.1 Å². The zero-order valence-electron chi connectivity index (χ0n) is 12.4. The Morgan fingerprint density at radius 1 is 1.35 bits per heavy atom. The van der Waals surface area contributed by atoms with E-state index < -0.39 is 0 Å². The molecule has 0 saturated carbocycles. The largest absolute Gasteiger partial charge is 0.492 e. The van der Waals surface area contributed by atoms with E-state index in [4.69, 9.17) is 10.5 Å². The Morgan fingerprint density at radius 2 is 2.10 bits per heavy atom. The number of carbonyl (C=O) groups is 1. The van der Waals surface area contributed by atoms with E-state index >= 15 is 0 Å². The van der Waals surface area contributed by atoms with Gasteiger partial charge < -0.3 is 15.8 Å². The lowest BCUT2D eigenvalue weighted by atomic mass is 10.2. The molecule has 0 unspecified atom stereocenters. The molecule has 1 aromatic rings. The number of nitrogens with zero attached hydrogens (tertiary/aromatic N) is 1. The molecule has 5 heteroatoms. The van der Waals surface area contributed by atoms with Gasteiger partial charge in [-0.05, 0) is 19.0 Å². The summed E-state index contributed by atoms with van der Waals surface area (Å²) < 4.78 is 5.77. The number of carbonyl (C=O) groups excluding carboxylic acids is 1. The number of rotatable bonds is 9. The summed E-state index contributed by atoms with van der Waals surface area (Å²) >= 11 is 0. The zero-order chi connectivity index (χ0) is 14.8. The summed E-state index contributed by atoms with van der Waals surface area (Å²) in [5, 5.41) is 2.64. The van der Waals surface area contributed by atoms with Gasteiger partial charge in [0.1, 0.15) is 12.4 Å². The molecule has 0 aliphatic rings. The summed E-state index contributed by atoms with van der Waals surface area (Å²) in [6.45, 7) is 5.13. The number of ether oxygens (including phenoxy) is 1. The van der Waals surface area contributed by atoms with Crippen molar-refractivity contribution in [3.05, 3.63) is 29.8 Å². The number of benzene rings is 1. The van der Waals surface area contributed by atoms with Gasteiger partial charge in [-0.1, -0.05) is 25.1 Å².